The van der Waals surface area contributed by atoms with Crippen molar-refractivity contribution in [3.63, 3.8) is 0 Å². The number of hydrogen-bond donors (Lipinski definition) is 2. The van der Waals surface area contributed by atoms with E-state index in [1.165, 1.54) is 25.7 Å². The maximum Gasteiger partial charge on any atom is 0.315 e. The predicted molar refractivity (Wildman–Crippen MR) is 80.6 cm³/mol. The van der Waals surface area contributed by atoms with E-state index in [2.05, 4.69) is 55.4 Å². The summed E-state index contributed by atoms with van der Waals surface area (Å²) < 4.78 is 5.64. The van der Waals surface area contributed by atoms with Crippen LogP contribution in [0, 0.1) is 5.41 Å². The Morgan fingerprint density at radius 2 is 1.85 bits per heavy atom. The van der Waals surface area contributed by atoms with Crippen LogP contribution in [-0.2, 0) is 6.54 Å². The second-order valence-corrected chi connectivity index (χ2v) is 7.69. The molecule has 0 aromatic carbocycles. The summed E-state index contributed by atoms with van der Waals surface area (Å²) in [5.74, 6) is 0.638. The Morgan fingerprint density at radius 1 is 1.20 bits per heavy atom. The molecule has 5 nitrogen and oxygen atoms in total. The van der Waals surface area contributed by atoms with Gasteiger partial charge in [-0.25, -0.2) is 0 Å². The van der Waals surface area contributed by atoms with Crippen LogP contribution < -0.4 is 10.6 Å². The molecule has 0 spiro atoms. The van der Waals surface area contributed by atoms with E-state index in [-0.39, 0.29) is 5.54 Å². The lowest BCUT2D eigenvalue weighted by molar-refractivity contribution is 0.231. The molecular weight excluding hydrogens is 252 g/mol. The molecule has 0 aliphatic heterocycles. The van der Waals surface area contributed by atoms with Gasteiger partial charge in [-0.3, -0.25) is 0 Å². The van der Waals surface area contributed by atoms with Crippen LogP contribution in [0.4, 0.5) is 6.01 Å². The van der Waals surface area contributed by atoms with E-state index in [0.717, 1.165) is 0 Å². The summed E-state index contributed by atoms with van der Waals surface area (Å²) in [4.78, 5) is 0. The molecule has 0 atom stereocenters. The Labute approximate surface area is 121 Å². The molecule has 1 aromatic rings. The van der Waals surface area contributed by atoms with Crippen molar-refractivity contribution in [3.8, 4) is 0 Å². The van der Waals surface area contributed by atoms with E-state index < -0.39 is 0 Å². The van der Waals surface area contributed by atoms with Crippen LogP contribution in [0.5, 0.6) is 0 Å². The van der Waals surface area contributed by atoms with E-state index >= 15 is 0 Å². The number of nitrogens with one attached hydrogen (secondary N) is 2. The van der Waals surface area contributed by atoms with Crippen LogP contribution in [0.15, 0.2) is 4.42 Å². The molecule has 20 heavy (non-hydrogen) atoms. The van der Waals surface area contributed by atoms with Gasteiger partial charge in [-0.15, -0.1) is 5.10 Å². The molecule has 0 amide bonds. The van der Waals surface area contributed by atoms with E-state index in [1.807, 2.05) is 0 Å². The van der Waals surface area contributed by atoms with Gasteiger partial charge in [0.25, 0.3) is 0 Å². The van der Waals surface area contributed by atoms with Crippen molar-refractivity contribution in [1.29, 1.82) is 0 Å². The molecule has 5 heteroatoms. The summed E-state index contributed by atoms with van der Waals surface area (Å²) in [5, 5.41) is 14.9. The largest absolute Gasteiger partial charge is 0.407 e. The monoisotopic (exact) mass is 280 g/mol. The average molecular weight is 280 g/mol. The molecule has 114 valence electrons. The van der Waals surface area contributed by atoms with E-state index in [1.54, 1.807) is 0 Å². The number of anilines is 1. The summed E-state index contributed by atoms with van der Waals surface area (Å²) in [7, 11) is 0. The van der Waals surface area contributed by atoms with Gasteiger partial charge in [0.05, 0.1) is 6.54 Å². The first-order valence-electron chi connectivity index (χ1n) is 7.57. The van der Waals surface area contributed by atoms with E-state index in [9.17, 15) is 0 Å². The minimum Gasteiger partial charge on any atom is -0.407 e. The number of hydrogen-bond acceptors (Lipinski definition) is 5. The summed E-state index contributed by atoms with van der Waals surface area (Å²) >= 11 is 0. The van der Waals surface area contributed by atoms with E-state index in [4.69, 9.17) is 4.42 Å². The SMILES string of the molecule is CC1(C)CCC(Nc2nnc(CNC(C)(C)C)o2)CC1. The lowest BCUT2D eigenvalue weighted by atomic mass is 9.76. The van der Waals surface area contributed by atoms with Crippen molar-refractivity contribution in [3.05, 3.63) is 5.89 Å². The van der Waals surface area contributed by atoms with Crippen LogP contribution >= 0.6 is 0 Å². The lowest BCUT2D eigenvalue weighted by Gasteiger charge is -2.34. The summed E-state index contributed by atoms with van der Waals surface area (Å²) in [6.45, 7) is 11.6. The molecule has 1 aromatic heterocycles. The summed E-state index contributed by atoms with van der Waals surface area (Å²) in [6.07, 6.45) is 4.84. The van der Waals surface area contributed by atoms with Gasteiger partial charge < -0.3 is 15.1 Å². The van der Waals surface area contributed by atoms with Crippen molar-refractivity contribution >= 4 is 6.01 Å². The van der Waals surface area contributed by atoms with Crippen LogP contribution in [0.1, 0.15) is 66.2 Å². The lowest BCUT2D eigenvalue weighted by Crippen LogP contribution is -2.35. The van der Waals surface area contributed by atoms with Gasteiger partial charge in [0.15, 0.2) is 0 Å². The van der Waals surface area contributed by atoms with Crippen LogP contribution in [0.25, 0.3) is 0 Å². The fourth-order valence-electron chi connectivity index (χ4n) is 2.44. The molecule has 0 bridgehead atoms. The second kappa shape index (κ2) is 5.72. The minimum atomic E-state index is 0.0526. The Kier molecular flexibility index (Phi) is 4.37. The molecule has 1 aliphatic carbocycles. The molecule has 1 aliphatic rings. The van der Waals surface area contributed by atoms with Crippen molar-refractivity contribution in [2.75, 3.05) is 5.32 Å². The normalized spacial score (nSPS) is 20.1. The quantitative estimate of drug-likeness (QED) is 0.885. The molecular formula is C15H28N4O. The number of aromatic nitrogens is 2. The first-order chi connectivity index (χ1) is 9.23. The van der Waals surface area contributed by atoms with Gasteiger partial charge in [-0.05, 0) is 51.9 Å². The number of nitrogens with zero attached hydrogens (tertiary/aromatic N) is 2. The Bertz CT molecular complexity index is 423. The topological polar surface area (TPSA) is 63.0 Å². The highest BCUT2D eigenvalue weighted by Crippen LogP contribution is 2.35. The van der Waals surface area contributed by atoms with Crippen molar-refractivity contribution in [2.45, 2.75) is 78.4 Å². The van der Waals surface area contributed by atoms with Gasteiger partial charge in [0.1, 0.15) is 0 Å². The van der Waals surface area contributed by atoms with Crippen LogP contribution in [0.2, 0.25) is 0 Å². The zero-order chi connectivity index (χ0) is 14.8. The Morgan fingerprint density at radius 3 is 2.45 bits per heavy atom. The fraction of sp³-hybridized carbons (Fsp3) is 0.867. The first-order valence-corrected chi connectivity index (χ1v) is 7.57. The van der Waals surface area contributed by atoms with Gasteiger partial charge >= 0.3 is 6.01 Å². The molecule has 1 fully saturated rings. The minimum absolute atomic E-state index is 0.0526. The Hall–Kier alpha value is -1.10. The molecule has 2 rings (SSSR count). The maximum atomic E-state index is 5.64. The highest BCUT2D eigenvalue weighted by molar-refractivity contribution is 5.20. The smallest absolute Gasteiger partial charge is 0.315 e. The van der Waals surface area contributed by atoms with E-state index in [0.29, 0.717) is 29.9 Å². The van der Waals surface area contributed by atoms with Crippen molar-refractivity contribution in [1.82, 2.24) is 15.5 Å². The molecule has 1 saturated carbocycles. The highest BCUT2D eigenvalue weighted by atomic mass is 16.4. The summed E-state index contributed by atoms with van der Waals surface area (Å²) in [5.41, 5.74) is 0.534. The Balaban J connectivity index is 1.81. The van der Waals surface area contributed by atoms with Gasteiger partial charge in [0, 0.05) is 11.6 Å². The zero-order valence-electron chi connectivity index (χ0n) is 13.4. The third kappa shape index (κ3) is 4.78. The molecule has 0 unspecified atom stereocenters. The molecule has 1 heterocycles. The third-order valence-corrected chi connectivity index (χ3v) is 3.90. The predicted octanol–water partition coefficient (Wildman–Crippen LogP) is 3.34. The van der Waals surface area contributed by atoms with Crippen LogP contribution in [0.3, 0.4) is 0 Å². The van der Waals surface area contributed by atoms with Gasteiger partial charge in [-0.2, -0.15) is 0 Å². The third-order valence-electron chi connectivity index (χ3n) is 3.90. The van der Waals surface area contributed by atoms with Crippen LogP contribution in [-0.4, -0.2) is 21.8 Å². The molecule has 0 radical (unpaired) electrons. The second-order valence-electron chi connectivity index (χ2n) is 7.69. The van der Waals surface area contributed by atoms with Crippen molar-refractivity contribution in [2.24, 2.45) is 5.41 Å². The fourth-order valence-corrected chi connectivity index (χ4v) is 2.44. The van der Waals surface area contributed by atoms with Crippen molar-refractivity contribution < 1.29 is 4.42 Å². The molecule has 0 saturated heterocycles. The maximum absolute atomic E-state index is 5.64. The number of rotatable bonds is 4. The zero-order valence-corrected chi connectivity index (χ0v) is 13.4. The highest BCUT2D eigenvalue weighted by Gasteiger charge is 2.27. The first kappa shape index (κ1) is 15.3. The standard InChI is InChI=1S/C15H28N4O/c1-14(2,3)16-10-12-18-19-13(20-12)17-11-6-8-15(4,5)9-7-11/h11,16H,6-10H2,1-5H3,(H,17,19). The molecule has 2 N–H and O–H groups in total. The van der Waals surface area contributed by atoms with Gasteiger partial charge in [-0.1, -0.05) is 18.9 Å². The summed E-state index contributed by atoms with van der Waals surface area (Å²) in [6, 6.07) is 1.02. The van der Waals surface area contributed by atoms with Gasteiger partial charge in [0.2, 0.25) is 5.89 Å². The average Bonchev–Trinajstić information content (AvgIpc) is 2.76.